The predicted molar refractivity (Wildman–Crippen MR) is 89.8 cm³/mol. The molecule has 0 aromatic heterocycles. The van der Waals surface area contributed by atoms with E-state index in [9.17, 15) is 0 Å². The number of hydrogen-bond acceptors (Lipinski definition) is 1. The molecule has 1 nitrogen and oxygen atoms in total. The zero-order valence-corrected chi connectivity index (χ0v) is 13.4. The first-order valence-electron chi connectivity index (χ1n) is 7.68. The minimum Gasteiger partial charge on any atom is -0.324 e. The summed E-state index contributed by atoms with van der Waals surface area (Å²) < 4.78 is 1.15. The van der Waals surface area contributed by atoms with Gasteiger partial charge in [0.1, 0.15) is 0 Å². The minimum absolute atomic E-state index is 0.161. The normalized spacial score (nSPS) is 17.7. The maximum Gasteiger partial charge on any atom is 0.0301 e. The third kappa shape index (κ3) is 2.91. The molecule has 0 amide bonds. The van der Waals surface area contributed by atoms with E-state index in [1.807, 2.05) is 0 Å². The van der Waals surface area contributed by atoms with Gasteiger partial charge in [-0.05, 0) is 41.2 Å². The second-order valence-electron chi connectivity index (χ2n) is 6.02. The molecule has 20 heavy (non-hydrogen) atoms. The Labute approximate surface area is 129 Å². The Balaban J connectivity index is 1.80. The number of benzene rings is 2. The lowest BCUT2D eigenvalue weighted by atomic mass is 9.92. The van der Waals surface area contributed by atoms with E-state index in [-0.39, 0.29) is 6.04 Å². The smallest absolute Gasteiger partial charge is 0.0301 e. The molecule has 0 aliphatic heterocycles. The average Bonchev–Trinajstić information content (AvgIpc) is 2.99. The molecule has 2 aromatic carbocycles. The molecule has 2 aromatic rings. The summed E-state index contributed by atoms with van der Waals surface area (Å²) in [6.07, 6.45) is 8.05. The Kier molecular flexibility index (Phi) is 4.42. The lowest BCUT2D eigenvalue weighted by Gasteiger charge is -2.17. The maximum atomic E-state index is 6.47. The van der Waals surface area contributed by atoms with Crippen molar-refractivity contribution in [2.45, 2.75) is 44.6 Å². The highest BCUT2D eigenvalue weighted by molar-refractivity contribution is 9.10. The molecule has 0 radical (unpaired) electrons. The van der Waals surface area contributed by atoms with Gasteiger partial charge in [0.2, 0.25) is 0 Å². The molecule has 2 N–H and O–H groups in total. The van der Waals surface area contributed by atoms with Crippen molar-refractivity contribution in [3.63, 3.8) is 0 Å². The van der Waals surface area contributed by atoms with Crippen molar-refractivity contribution in [2.75, 3.05) is 0 Å². The first kappa shape index (κ1) is 14.1. The molecule has 1 unspecified atom stereocenters. The monoisotopic (exact) mass is 331 g/mol. The number of halogens is 1. The summed E-state index contributed by atoms with van der Waals surface area (Å²) in [4.78, 5) is 0. The Morgan fingerprint density at radius 2 is 1.75 bits per heavy atom. The Morgan fingerprint density at radius 3 is 2.50 bits per heavy atom. The lowest BCUT2D eigenvalue weighted by molar-refractivity contribution is 0.455. The van der Waals surface area contributed by atoms with E-state index < -0.39 is 0 Å². The molecule has 1 atom stereocenters. The molecule has 0 heterocycles. The van der Waals surface area contributed by atoms with E-state index in [0.717, 1.165) is 16.8 Å². The first-order valence-corrected chi connectivity index (χ1v) is 8.48. The largest absolute Gasteiger partial charge is 0.324 e. The fourth-order valence-corrected chi connectivity index (χ4v) is 3.96. The van der Waals surface area contributed by atoms with Gasteiger partial charge in [-0.1, -0.05) is 71.9 Å². The van der Waals surface area contributed by atoms with Crippen LogP contribution in [0.2, 0.25) is 0 Å². The van der Waals surface area contributed by atoms with E-state index in [0.29, 0.717) is 0 Å². The van der Waals surface area contributed by atoms with Crippen LogP contribution in [-0.4, -0.2) is 0 Å². The van der Waals surface area contributed by atoms with E-state index in [1.165, 1.54) is 48.4 Å². The third-order valence-electron chi connectivity index (χ3n) is 4.66. The van der Waals surface area contributed by atoms with E-state index in [2.05, 4.69) is 52.3 Å². The summed E-state index contributed by atoms with van der Waals surface area (Å²) in [5, 5.41) is 2.56. The van der Waals surface area contributed by atoms with Crippen molar-refractivity contribution in [3.8, 4) is 0 Å². The van der Waals surface area contributed by atoms with Crippen LogP contribution in [0.25, 0.3) is 10.8 Å². The average molecular weight is 332 g/mol. The zero-order valence-electron chi connectivity index (χ0n) is 11.8. The van der Waals surface area contributed by atoms with Crippen molar-refractivity contribution >= 4 is 26.7 Å². The van der Waals surface area contributed by atoms with E-state index >= 15 is 0 Å². The molecule has 3 rings (SSSR count). The maximum absolute atomic E-state index is 6.47. The number of nitrogens with two attached hydrogens (primary N) is 1. The van der Waals surface area contributed by atoms with Gasteiger partial charge in [-0.3, -0.25) is 0 Å². The van der Waals surface area contributed by atoms with Gasteiger partial charge in [-0.15, -0.1) is 0 Å². The second-order valence-corrected chi connectivity index (χ2v) is 6.87. The van der Waals surface area contributed by atoms with Crippen molar-refractivity contribution in [2.24, 2.45) is 11.7 Å². The van der Waals surface area contributed by atoms with Gasteiger partial charge < -0.3 is 5.73 Å². The summed E-state index contributed by atoms with van der Waals surface area (Å²) in [5.74, 6) is 0.919. The van der Waals surface area contributed by atoms with Gasteiger partial charge >= 0.3 is 0 Å². The fourth-order valence-electron chi connectivity index (χ4n) is 3.48. The predicted octanol–water partition coefficient (Wildman–Crippen LogP) is 5.57. The summed E-state index contributed by atoms with van der Waals surface area (Å²) in [6.45, 7) is 0. The van der Waals surface area contributed by atoms with Gasteiger partial charge in [0, 0.05) is 10.5 Å². The highest BCUT2D eigenvalue weighted by Crippen LogP contribution is 2.34. The van der Waals surface area contributed by atoms with Crippen molar-refractivity contribution in [1.29, 1.82) is 0 Å². The summed E-state index contributed by atoms with van der Waals surface area (Å²) in [7, 11) is 0. The standard InChI is InChI=1S/C18H22BrN/c19-17-11-10-16(14-7-3-4-8-15(14)17)18(20)12-9-13-5-1-2-6-13/h3-4,7-8,10-11,13,18H,1-2,5-6,9,12,20H2. The van der Waals surface area contributed by atoms with E-state index in [1.54, 1.807) is 0 Å². The molecule has 2 heteroatoms. The highest BCUT2D eigenvalue weighted by Gasteiger charge is 2.17. The lowest BCUT2D eigenvalue weighted by Crippen LogP contribution is -2.12. The van der Waals surface area contributed by atoms with Gasteiger partial charge in [-0.2, -0.15) is 0 Å². The molecule has 1 saturated carbocycles. The van der Waals surface area contributed by atoms with Gasteiger partial charge in [0.25, 0.3) is 0 Å². The SMILES string of the molecule is NC(CCC1CCCC1)c1ccc(Br)c2ccccc12. The molecule has 0 saturated heterocycles. The van der Waals surface area contributed by atoms with Crippen molar-refractivity contribution in [3.05, 3.63) is 46.4 Å². The third-order valence-corrected chi connectivity index (χ3v) is 5.36. The fraction of sp³-hybridized carbons (Fsp3) is 0.444. The van der Waals surface area contributed by atoms with Crippen LogP contribution in [0.5, 0.6) is 0 Å². The molecule has 106 valence electrons. The quantitative estimate of drug-likeness (QED) is 0.778. The molecular weight excluding hydrogens is 310 g/mol. The van der Waals surface area contributed by atoms with Crippen LogP contribution in [0.15, 0.2) is 40.9 Å². The number of rotatable bonds is 4. The van der Waals surface area contributed by atoms with Crippen LogP contribution < -0.4 is 5.73 Å². The summed E-state index contributed by atoms with van der Waals surface area (Å²) in [6, 6.07) is 13.0. The zero-order chi connectivity index (χ0) is 13.9. The van der Waals surface area contributed by atoms with Gasteiger partial charge in [-0.25, -0.2) is 0 Å². The molecule has 1 aliphatic rings. The Morgan fingerprint density at radius 1 is 1.05 bits per heavy atom. The molecule has 1 fully saturated rings. The summed E-state index contributed by atoms with van der Waals surface area (Å²) >= 11 is 3.63. The highest BCUT2D eigenvalue weighted by atomic mass is 79.9. The topological polar surface area (TPSA) is 26.0 Å². The van der Waals surface area contributed by atoms with E-state index in [4.69, 9.17) is 5.73 Å². The van der Waals surface area contributed by atoms with Crippen molar-refractivity contribution in [1.82, 2.24) is 0 Å². The van der Waals surface area contributed by atoms with Crippen LogP contribution in [-0.2, 0) is 0 Å². The van der Waals surface area contributed by atoms with Crippen LogP contribution in [0.4, 0.5) is 0 Å². The first-order chi connectivity index (χ1) is 9.75. The molecule has 1 aliphatic carbocycles. The van der Waals surface area contributed by atoms with Crippen molar-refractivity contribution < 1.29 is 0 Å². The van der Waals surface area contributed by atoms with Gasteiger partial charge in [0.15, 0.2) is 0 Å². The Bertz CT molecular complexity index is 587. The molecule has 0 spiro atoms. The summed E-state index contributed by atoms with van der Waals surface area (Å²) in [5.41, 5.74) is 7.77. The molecule has 0 bridgehead atoms. The van der Waals surface area contributed by atoms with Crippen LogP contribution >= 0.6 is 15.9 Å². The second kappa shape index (κ2) is 6.28. The number of fused-ring (bicyclic) bond motifs is 1. The number of hydrogen-bond donors (Lipinski definition) is 1. The molecular formula is C18H22BrN. The van der Waals surface area contributed by atoms with Crippen LogP contribution in [0.1, 0.15) is 50.1 Å². The van der Waals surface area contributed by atoms with Crippen LogP contribution in [0, 0.1) is 5.92 Å². The Hall–Kier alpha value is -0.860. The van der Waals surface area contributed by atoms with Crippen LogP contribution in [0.3, 0.4) is 0 Å². The van der Waals surface area contributed by atoms with Gasteiger partial charge in [0.05, 0.1) is 0 Å². The minimum atomic E-state index is 0.161.